The van der Waals surface area contributed by atoms with E-state index < -0.39 is 0 Å². The van der Waals surface area contributed by atoms with E-state index in [2.05, 4.69) is 39.8 Å². The maximum Gasteiger partial charge on any atom is -0.0236 e. The molecule has 0 N–H and O–H groups in total. The summed E-state index contributed by atoms with van der Waals surface area (Å²) in [6.45, 7) is 9.17. The van der Waals surface area contributed by atoms with Gasteiger partial charge in [-0.05, 0) is 18.3 Å². The van der Waals surface area contributed by atoms with Crippen LogP contribution >= 0.6 is 0 Å². The minimum Gasteiger partial charge on any atom is -0.0883 e. The van der Waals surface area contributed by atoms with Gasteiger partial charge >= 0.3 is 0 Å². The quantitative estimate of drug-likeness (QED) is 0.515. The van der Waals surface area contributed by atoms with Crippen molar-refractivity contribution in [2.24, 2.45) is 11.8 Å². The van der Waals surface area contributed by atoms with Crippen LogP contribution in [0.5, 0.6) is 0 Å². The molecule has 2 atom stereocenters. The second-order valence-electron chi connectivity index (χ2n) is 3.84. The summed E-state index contributed by atoms with van der Waals surface area (Å²) in [5, 5.41) is 0. The average molecular weight is 168 g/mol. The summed E-state index contributed by atoms with van der Waals surface area (Å²) in [5.41, 5.74) is 0. The standard InChI is InChI=1S/C12H24/c1-5-7-8-10-12(4)11(3)9-6-2/h8,10-12H,5-7,9H2,1-4H3. The predicted molar refractivity (Wildman–Crippen MR) is 57.3 cm³/mol. The highest BCUT2D eigenvalue weighted by atomic mass is 14.1. The zero-order chi connectivity index (χ0) is 9.40. The molecule has 0 aliphatic rings. The topological polar surface area (TPSA) is 0 Å². The first-order valence-electron chi connectivity index (χ1n) is 5.39. The van der Waals surface area contributed by atoms with Crippen molar-refractivity contribution in [2.75, 3.05) is 0 Å². The van der Waals surface area contributed by atoms with Crippen molar-refractivity contribution >= 4 is 0 Å². The van der Waals surface area contributed by atoms with Crippen molar-refractivity contribution in [2.45, 2.75) is 53.4 Å². The van der Waals surface area contributed by atoms with E-state index in [4.69, 9.17) is 0 Å². The second-order valence-corrected chi connectivity index (χ2v) is 3.84. The molecule has 0 rings (SSSR count). The highest BCUT2D eigenvalue weighted by Gasteiger charge is 2.06. The molecule has 72 valence electrons. The summed E-state index contributed by atoms with van der Waals surface area (Å²) in [7, 11) is 0. The maximum atomic E-state index is 2.38. The summed E-state index contributed by atoms with van der Waals surface area (Å²) in [6, 6.07) is 0. The van der Waals surface area contributed by atoms with E-state index in [0.717, 1.165) is 11.8 Å². The Balaban J connectivity index is 3.61. The van der Waals surface area contributed by atoms with Crippen LogP contribution in [-0.4, -0.2) is 0 Å². The van der Waals surface area contributed by atoms with Gasteiger partial charge in [0.25, 0.3) is 0 Å². The lowest BCUT2D eigenvalue weighted by atomic mass is 9.91. The summed E-state index contributed by atoms with van der Waals surface area (Å²) in [4.78, 5) is 0. The molecule has 0 bridgehead atoms. The molecule has 0 spiro atoms. The molecule has 12 heavy (non-hydrogen) atoms. The van der Waals surface area contributed by atoms with E-state index in [1.807, 2.05) is 0 Å². The van der Waals surface area contributed by atoms with E-state index in [0.29, 0.717) is 0 Å². The molecule has 0 radical (unpaired) electrons. The zero-order valence-electron chi connectivity index (χ0n) is 9.14. The van der Waals surface area contributed by atoms with Gasteiger partial charge in [0.2, 0.25) is 0 Å². The normalized spacial score (nSPS) is 16.7. The summed E-state index contributed by atoms with van der Waals surface area (Å²) < 4.78 is 0. The lowest BCUT2D eigenvalue weighted by Crippen LogP contribution is -2.04. The molecular weight excluding hydrogens is 144 g/mol. The Kier molecular flexibility index (Phi) is 7.23. The minimum atomic E-state index is 0.761. The molecular formula is C12H24. The molecule has 2 unspecified atom stereocenters. The lowest BCUT2D eigenvalue weighted by Gasteiger charge is -2.14. The monoisotopic (exact) mass is 168 g/mol. The molecule has 0 aromatic heterocycles. The number of allylic oxidation sites excluding steroid dienone is 2. The van der Waals surface area contributed by atoms with Crippen LogP contribution < -0.4 is 0 Å². The molecule has 0 heteroatoms. The highest BCUT2D eigenvalue weighted by molar-refractivity contribution is 4.88. The van der Waals surface area contributed by atoms with E-state index in [-0.39, 0.29) is 0 Å². The first-order valence-corrected chi connectivity index (χ1v) is 5.39. The summed E-state index contributed by atoms with van der Waals surface area (Å²) >= 11 is 0. The van der Waals surface area contributed by atoms with Gasteiger partial charge in [0.1, 0.15) is 0 Å². The number of hydrogen-bond donors (Lipinski definition) is 0. The first kappa shape index (κ1) is 11.7. The molecule has 0 nitrogen and oxygen atoms in total. The van der Waals surface area contributed by atoms with Crippen molar-refractivity contribution in [3.05, 3.63) is 12.2 Å². The summed E-state index contributed by atoms with van der Waals surface area (Å²) in [5.74, 6) is 1.61. The van der Waals surface area contributed by atoms with E-state index in [1.54, 1.807) is 0 Å². The van der Waals surface area contributed by atoms with Crippen LogP contribution in [0.4, 0.5) is 0 Å². The lowest BCUT2D eigenvalue weighted by molar-refractivity contribution is 0.423. The number of hydrogen-bond acceptors (Lipinski definition) is 0. The predicted octanol–water partition coefficient (Wildman–Crippen LogP) is 4.42. The van der Waals surface area contributed by atoms with Crippen LogP contribution in [-0.2, 0) is 0 Å². The maximum absolute atomic E-state index is 2.38. The zero-order valence-corrected chi connectivity index (χ0v) is 9.14. The SMILES string of the molecule is CCCC=CC(C)C(C)CCC. The molecule has 0 aromatic rings. The van der Waals surface area contributed by atoms with E-state index >= 15 is 0 Å². The number of rotatable bonds is 6. The first-order chi connectivity index (χ1) is 5.72. The van der Waals surface area contributed by atoms with Crippen molar-refractivity contribution in [1.82, 2.24) is 0 Å². The smallest absolute Gasteiger partial charge is 0.0236 e. The molecule has 0 saturated carbocycles. The van der Waals surface area contributed by atoms with Gasteiger partial charge in [-0.2, -0.15) is 0 Å². The molecule has 0 amide bonds. The largest absolute Gasteiger partial charge is 0.0883 e. The van der Waals surface area contributed by atoms with Crippen molar-refractivity contribution < 1.29 is 0 Å². The van der Waals surface area contributed by atoms with Gasteiger partial charge in [0.15, 0.2) is 0 Å². The van der Waals surface area contributed by atoms with Gasteiger partial charge in [-0.15, -0.1) is 0 Å². The molecule has 0 fully saturated rings. The molecule has 0 aliphatic heterocycles. The van der Waals surface area contributed by atoms with Gasteiger partial charge in [-0.3, -0.25) is 0 Å². The van der Waals surface area contributed by atoms with Crippen LogP contribution in [0, 0.1) is 11.8 Å². The molecule has 0 aromatic carbocycles. The van der Waals surface area contributed by atoms with E-state index in [9.17, 15) is 0 Å². The van der Waals surface area contributed by atoms with Crippen LogP contribution in [0.3, 0.4) is 0 Å². The van der Waals surface area contributed by atoms with Crippen LogP contribution in [0.25, 0.3) is 0 Å². The Labute approximate surface area is 78.1 Å². The van der Waals surface area contributed by atoms with Gasteiger partial charge in [-0.1, -0.05) is 59.1 Å². The van der Waals surface area contributed by atoms with E-state index in [1.165, 1.54) is 25.7 Å². The Morgan fingerprint density at radius 2 is 1.75 bits per heavy atom. The van der Waals surface area contributed by atoms with Crippen molar-refractivity contribution in [1.29, 1.82) is 0 Å². The third kappa shape index (κ3) is 5.40. The molecule has 0 heterocycles. The fraction of sp³-hybridized carbons (Fsp3) is 0.833. The Bertz CT molecular complexity index is 113. The number of unbranched alkanes of at least 4 members (excludes halogenated alkanes) is 1. The Morgan fingerprint density at radius 1 is 1.08 bits per heavy atom. The van der Waals surface area contributed by atoms with Gasteiger partial charge in [0.05, 0.1) is 0 Å². The fourth-order valence-electron chi connectivity index (χ4n) is 1.39. The average Bonchev–Trinajstić information content (AvgIpc) is 2.05. The van der Waals surface area contributed by atoms with Crippen LogP contribution in [0.15, 0.2) is 12.2 Å². The van der Waals surface area contributed by atoms with Gasteiger partial charge in [-0.25, -0.2) is 0 Å². The third-order valence-electron chi connectivity index (χ3n) is 2.54. The molecule has 0 saturated heterocycles. The molecule has 0 aliphatic carbocycles. The van der Waals surface area contributed by atoms with Crippen LogP contribution in [0.1, 0.15) is 53.4 Å². The van der Waals surface area contributed by atoms with Gasteiger partial charge < -0.3 is 0 Å². The Morgan fingerprint density at radius 3 is 2.25 bits per heavy atom. The Hall–Kier alpha value is -0.260. The third-order valence-corrected chi connectivity index (χ3v) is 2.54. The van der Waals surface area contributed by atoms with Crippen LogP contribution in [0.2, 0.25) is 0 Å². The fourth-order valence-corrected chi connectivity index (χ4v) is 1.39. The van der Waals surface area contributed by atoms with Crippen molar-refractivity contribution in [3.63, 3.8) is 0 Å². The van der Waals surface area contributed by atoms with Crippen molar-refractivity contribution in [3.8, 4) is 0 Å². The van der Waals surface area contributed by atoms with Gasteiger partial charge in [0, 0.05) is 0 Å². The minimum absolute atomic E-state index is 0.761. The highest BCUT2D eigenvalue weighted by Crippen LogP contribution is 2.17. The second kappa shape index (κ2) is 7.39. The summed E-state index contributed by atoms with van der Waals surface area (Å²) in [6.07, 6.45) is 9.89.